The largest absolute Gasteiger partial charge is 0.497 e. The van der Waals surface area contributed by atoms with Gasteiger partial charge in [0, 0.05) is 11.1 Å². The predicted octanol–water partition coefficient (Wildman–Crippen LogP) is 4.63. The first-order valence-electron chi connectivity index (χ1n) is 8.73. The number of carbonyl (C=O) groups is 2. The van der Waals surface area contributed by atoms with Crippen LogP contribution in [-0.4, -0.2) is 18.7 Å². The zero-order valence-electron chi connectivity index (χ0n) is 14.8. The van der Waals surface area contributed by atoms with Crippen LogP contribution >= 0.6 is 0 Å². The molecule has 0 aromatic heterocycles. The molecule has 1 heterocycles. The molecular formula is C23H18O4. The van der Waals surface area contributed by atoms with Crippen LogP contribution in [0, 0.1) is 0 Å². The van der Waals surface area contributed by atoms with Gasteiger partial charge in [0.05, 0.1) is 19.1 Å². The lowest BCUT2D eigenvalue weighted by molar-refractivity contribution is 0.0850. The summed E-state index contributed by atoms with van der Waals surface area (Å²) in [6.07, 6.45) is -0.103. The van der Waals surface area contributed by atoms with Crippen LogP contribution in [0.15, 0.2) is 72.8 Å². The Bertz CT molecular complexity index is 991. The van der Waals surface area contributed by atoms with Crippen molar-refractivity contribution >= 4 is 11.6 Å². The molecule has 0 spiro atoms. The second-order valence-corrected chi connectivity index (χ2v) is 6.41. The lowest BCUT2D eigenvalue weighted by atomic mass is 9.93. The molecule has 0 saturated carbocycles. The Hall–Kier alpha value is -3.40. The van der Waals surface area contributed by atoms with Crippen LogP contribution in [0.3, 0.4) is 0 Å². The quantitative estimate of drug-likeness (QED) is 0.638. The number of hydrogen-bond donors (Lipinski definition) is 0. The second-order valence-electron chi connectivity index (χ2n) is 6.41. The van der Waals surface area contributed by atoms with Crippen molar-refractivity contribution in [2.45, 2.75) is 12.5 Å². The van der Waals surface area contributed by atoms with Gasteiger partial charge in [0.1, 0.15) is 17.6 Å². The molecule has 3 aromatic rings. The maximum absolute atomic E-state index is 12.7. The van der Waals surface area contributed by atoms with Gasteiger partial charge in [-0.1, -0.05) is 42.5 Å². The van der Waals surface area contributed by atoms with Crippen LogP contribution in [0.4, 0.5) is 0 Å². The van der Waals surface area contributed by atoms with Gasteiger partial charge in [-0.2, -0.15) is 0 Å². The molecule has 134 valence electrons. The van der Waals surface area contributed by atoms with Crippen LogP contribution in [0.1, 0.15) is 44.4 Å². The monoisotopic (exact) mass is 358 g/mol. The van der Waals surface area contributed by atoms with Crippen molar-refractivity contribution in [2.75, 3.05) is 7.11 Å². The fraction of sp³-hybridized carbons (Fsp3) is 0.130. The Balaban J connectivity index is 1.61. The topological polar surface area (TPSA) is 52.6 Å². The Morgan fingerprint density at radius 1 is 0.963 bits per heavy atom. The minimum Gasteiger partial charge on any atom is -0.497 e. The van der Waals surface area contributed by atoms with Crippen LogP contribution in [0.25, 0.3) is 0 Å². The first-order valence-corrected chi connectivity index (χ1v) is 8.73. The number of fused-ring (bicyclic) bond motifs is 1. The summed E-state index contributed by atoms with van der Waals surface area (Å²) in [5.41, 5.74) is 2.46. The van der Waals surface area contributed by atoms with E-state index >= 15 is 0 Å². The van der Waals surface area contributed by atoms with Gasteiger partial charge in [0.25, 0.3) is 0 Å². The smallest absolute Gasteiger partial charge is 0.193 e. The highest BCUT2D eigenvalue weighted by Crippen LogP contribution is 2.36. The van der Waals surface area contributed by atoms with E-state index in [1.165, 1.54) is 0 Å². The van der Waals surface area contributed by atoms with Gasteiger partial charge >= 0.3 is 0 Å². The number of carbonyl (C=O) groups excluding carboxylic acids is 2. The van der Waals surface area contributed by atoms with Crippen molar-refractivity contribution in [2.24, 2.45) is 0 Å². The van der Waals surface area contributed by atoms with E-state index in [1.54, 1.807) is 37.4 Å². The van der Waals surface area contributed by atoms with E-state index in [2.05, 4.69) is 0 Å². The van der Waals surface area contributed by atoms with E-state index in [0.29, 0.717) is 22.4 Å². The summed E-state index contributed by atoms with van der Waals surface area (Å²) in [6.45, 7) is 0. The molecular weight excluding hydrogens is 340 g/mol. The summed E-state index contributed by atoms with van der Waals surface area (Å²) in [5.74, 6) is 1.13. The molecule has 0 fully saturated rings. The van der Waals surface area contributed by atoms with E-state index in [-0.39, 0.29) is 24.1 Å². The van der Waals surface area contributed by atoms with Crippen molar-refractivity contribution in [1.82, 2.24) is 0 Å². The highest BCUT2D eigenvalue weighted by atomic mass is 16.5. The fourth-order valence-corrected chi connectivity index (χ4v) is 3.23. The molecule has 0 amide bonds. The molecule has 4 rings (SSSR count). The van der Waals surface area contributed by atoms with Crippen LogP contribution < -0.4 is 9.47 Å². The standard InChI is InChI=1S/C23H18O4/c1-26-18-10-7-15(8-11-18)22-14-20(24)19-13-17(9-12-21(19)27-22)23(25)16-5-3-2-4-6-16/h2-13,22H,14H2,1H3. The minimum atomic E-state index is -0.341. The molecule has 0 radical (unpaired) electrons. The number of benzene rings is 3. The summed E-state index contributed by atoms with van der Waals surface area (Å²) >= 11 is 0. The third kappa shape index (κ3) is 3.34. The highest BCUT2D eigenvalue weighted by Gasteiger charge is 2.28. The molecule has 0 aliphatic carbocycles. The Morgan fingerprint density at radius 3 is 2.41 bits per heavy atom. The Labute approximate surface area is 157 Å². The minimum absolute atomic E-state index is 0.0280. The lowest BCUT2D eigenvalue weighted by Crippen LogP contribution is -2.21. The maximum atomic E-state index is 12.7. The third-order valence-electron chi connectivity index (χ3n) is 4.71. The summed E-state index contributed by atoms with van der Waals surface area (Å²) in [5, 5.41) is 0. The number of ketones is 2. The highest BCUT2D eigenvalue weighted by molar-refractivity contribution is 6.11. The average Bonchev–Trinajstić information content (AvgIpc) is 2.73. The number of hydrogen-bond acceptors (Lipinski definition) is 4. The molecule has 27 heavy (non-hydrogen) atoms. The molecule has 4 heteroatoms. The summed E-state index contributed by atoms with van der Waals surface area (Å²) in [6, 6.07) is 21.6. The molecule has 4 nitrogen and oxygen atoms in total. The van der Waals surface area contributed by atoms with Gasteiger partial charge in [-0.25, -0.2) is 0 Å². The lowest BCUT2D eigenvalue weighted by Gasteiger charge is -2.26. The fourth-order valence-electron chi connectivity index (χ4n) is 3.23. The summed E-state index contributed by atoms with van der Waals surface area (Å²) in [4.78, 5) is 25.3. The molecule has 1 unspecified atom stereocenters. The van der Waals surface area contributed by atoms with Gasteiger partial charge in [0.2, 0.25) is 0 Å². The zero-order chi connectivity index (χ0) is 18.8. The maximum Gasteiger partial charge on any atom is 0.193 e. The van der Waals surface area contributed by atoms with Gasteiger partial charge in [-0.05, 0) is 35.9 Å². The third-order valence-corrected chi connectivity index (χ3v) is 4.71. The van der Waals surface area contributed by atoms with Crippen molar-refractivity contribution in [3.05, 3.63) is 95.1 Å². The van der Waals surface area contributed by atoms with Crippen LogP contribution in [0.2, 0.25) is 0 Å². The van der Waals surface area contributed by atoms with Crippen LogP contribution in [0.5, 0.6) is 11.5 Å². The van der Waals surface area contributed by atoms with Crippen molar-refractivity contribution in [3.8, 4) is 11.5 Å². The first-order chi connectivity index (χ1) is 13.2. The predicted molar refractivity (Wildman–Crippen MR) is 102 cm³/mol. The zero-order valence-corrected chi connectivity index (χ0v) is 14.8. The van der Waals surface area contributed by atoms with Gasteiger partial charge in [-0.3, -0.25) is 9.59 Å². The SMILES string of the molecule is COc1ccc(C2CC(=O)c3cc(C(=O)c4ccccc4)ccc3O2)cc1. The number of ether oxygens (including phenoxy) is 2. The Kier molecular flexibility index (Phi) is 4.47. The van der Waals surface area contributed by atoms with Crippen LogP contribution in [-0.2, 0) is 0 Å². The van der Waals surface area contributed by atoms with Gasteiger partial charge < -0.3 is 9.47 Å². The number of rotatable bonds is 4. The molecule has 3 aromatic carbocycles. The molecule has 0 N–H and O–H groups in total. The average molecular weight is 358 g/mol. The molecule has 1 aliphatic rings. The van der Waals surface area contributed by atoms with Crippen molar-refractivity contribution in [1.29, 1.82) is 0 Å². The number of Topliss-reactive ketones (excluding diaryl/α,β-unsaturated/α-hetero) is 1. The summed E-state index contributed by atoms with van der Waals surface area (Å²) in [7, 11) is 1.61. The molecule has 0 bridgehead atoms. The van der Waals surface area contributed by atoms with E-state index in [9.17, 15) is 9.59 Å². The van der Waals surface area contributed by atoms with E-state index in [0.717, 1.165) is 11.3 Å². The molecule has 1 aliphatic heterocycles. The summed E-state index contributed by atoms with van der Waals surface area (Å²) < 4.78 is 11.2. The van der Waals surface area contributed by atoms with Crippen molar-refractivity contribution in [3.63, 3.8) is 0 Å². The molecule has 1 atom stereocenters. The van der Waals surface area contributed by atoms with Gasteiger partial charge in [0.15, 0.2) is 11.6 Å². The first kappa shape index (κ1) is 17.0. The second kappa shape index (κ2) is 7.08. The van der Waals surface area contributed by atoms with E-state index < -0.39 is 0 Å². The van der Waals surface area contributed by atoms with Crippen molar-refractivity contribution < 1.29 is 19.1 Å². The van der Waals surface area contributed by atoms with E-state index in [4.69, 9.17) is 9.47 Å². The van der Waals surface area contributed by atoms with Gasteiger partial charge in [-0.15, -0.1) is 0 Å². The Morgan fingerprint density at radius 2 is 1.70 bits per heavy atom. The molecule has 0 saturated heterocycles. The number of methoxy groups -OCH3 is 1. The normalized spacial score (nSPS) is 15.6. The van der Waals surface area contributed by atoms with E-state index in [1.807, 2.05) is 42.5 Å².